The zero-order chi connectivity index (χ0) is 13.4. The van der Waals surface area contributed by atoms with Gasteiger partial charge in [-0.05, 0) is 44.1 Å². The average molecular weight is 255 g/mol. The highest BCUT2D eigenvalue weighted by Gasteiger charge is 2.25. The lowest BCUT2D eigenvalue weighted by molar-refractivity contribution is -0.142. The molecule has 1 rings (SSSR count). The molecule has 106 valence electrons. The molecule has 0 spiro atoms. The highest BCUT2D eigenvalue weighted by atomic mass is 16.4. The van der Waals surface area contributed by atoms with Gasteiger partial charge < -0.3 is 10.8 Å². The first-order valence-electron chi connectivity index (χ1n) is 7.61. The summed E-state index contributed by atoms with van der Waals surface area (Å²) in [6, 6.07) is 0. The van der Waals surface area contributed by atoms with Crippen LogP contribution in [0.3, 0.4) is 0 Å². The third-order valence-electron chi connectivity index (χ3n) is 4.58. The summed E-state index contributed by atoms with van der Waals surface area (Å²) in [6.07, 6.45) is 10.2. The van der Waals surface area contributed by atoms with Gasteiger partial charge in [-0.15, -0.1) is 0 Å². The molecule has 1 fully saturated rings. The fourth-order valence-corrected chi connectivity index (χ4v) is 3.37. The molecule has 3 heteroatoms. The van der Waals surface area contributed by atoms with Crippen molar-refractivity contribution in [1.82, 2.24) is 0 Å². The number of carboxylic acids is 1. The molecule has 2 atom stereocenters. The maximum absolute atomic E-state index is 11.2. The summed E-state index contributed by atoms with van der Waals surface area (Å²) in [4.78, 5) is 11.2. The van der Waals surface area contributed by atoms with Gasteiger partial charge in [0.1, 0.15) is 0 Å². The number of carboxylic acid groups (broad SMARTS) is 1. The molecule has 0 aliphatic heterocycles. The maximum Gasteiger partial charge on any atom is 0.306 e. The highest BCUT2D eigenvalue weighted by molar-refractivity contribution is 5.69. The topological polar surface area (TPSA) is 63.3 Å². The van der Waals surface area contributed by atoms with Crippen LogP contribution in [0.2, 0.25) is 0 Å². The van der Waals surface area contributed by atoms with E-state index < -0.39 is 5.97 Å². The zero-order valence-corrected chi connectivity index (χ0v) is 11.7. The molecule has 2 unspecified atom stereocenters. The summed E-state index contributed by atoms with van der Waals surface area (Å²) in [5.41, 5.74) is 5.47. The Morgan fingerprint density at radius 1 is 1.28 bits per heavy atom. The van der Waals surface area contributed by atoms with E-state index in [2.05, 4.69) is 6.92 Å². The first kappa shape index (κ1) is 15.5. The van der Waals surface area contributed by atoms with E-state index in [1.807, 2.05) is 0 Å². The molecule has 1 saturated carbocycles. The molecule has 0 saturated heterocycles. The molecule has 0 heterocycles. The van der Waals surface area contributed by atoms with Gasteiger partial charge in [0.25, 0.3) is 0 Å². The van der Waals surface area contributed by atoms with Gasteiger partial charge >= 0.3 is 5.97 Å². The van der Waals surface area contributed by atoms with Crippen LogP contribution in [0.4, 0.5) is 0 Å². The molecular formula is C15H29NO2. The molecule has 3 nitrogen and oxygen atoms in total. The van der Waals surface area contributed by atoms with E-state index >= 15 is 0 Å². The van der Waals surface area contributed by atoms with Crippen molar-refractivity contribution in [3.8, 4) is 0 Å². The lowest BCUT2D eigenvalue weighted by Crippen LogP contribution is -2.19. The lowest BCUT2D eigenvalue weighted by atomic mass is 9.82. The monoisotopic (exact) mass is 255 g/mol. The molecule has 0 aromatic carbocycles. The van der Waals surface area contributed by atoms with Crippen molar-refractivity contribution < 1.29 is 9.90 Å². The summed E-state index contributed by atoms with van der Waals surface area (Å²) >= 11 is 0. The second-order valence-corrected chi connectivity index (χ2v) is 5.76. The average Bonchev–Trinajstić information content (AvgIpc) is 2.87. The summed E-state index contributed by atoms with van der Waals surface area (Å²) in [5.74, 6) is 0.792. The number of aliphatic carboxylic acids is 1. The number of rotatable bonds is 9. The van der Waals surface area contributed by atoms with Crippen LogP contribution >= 0.6 is 0 Å². The molecule has 3 N–H and O–H groups in total. The van der Waals surface area contributed by atoms with E-state index in [0.29, 0.717) is 6.54 Å². The SMILES string of the molecule is CCC(CCC(CCCN)C(=O)O)C1CCCC1. The van der Waals surface area contributed by atoms with E-state index in [4.69, 9.17) is 5.73 Å². The molecule has 18 heavy (non-hydrogen) atoms. The van der Waals surface area contributed by atoms with Gasteiger partial charge in [0, 0.05) is 0 Å². The van der Waals surface area contributed by atoms with Crippen LogP contribution in [0, 0.1) is 17.8 Å². The van der Waals surface area contributed by atoms with Crippen molar-refractivity contribution in [1.29, 1.82) is 0 Å². The van der Waals surface area contributed by atoms with Crippen LogP contribution in [0.25, 0.3) is 0 Å². The fourth-order valence-electron chi connectivity index (χ4n) is 3.37. The van der Waals surface area contributed by atoms with E-state index in [-0.39, 0.29) is 5.92 Å². The Morgan fingerprint density at radius 2 is 1.94 bits per heavy atom. The van der Waals surface area contributed by atoms with Crippen LogP contribution in [0.1, 0.15) is 64.7 Å². The van der Waals surface area contributed by atoms with Crippen molar-refractivity contribution in [3.05, 3.63) is 0 Å². The summed E-state index contributed by atoms with van der Waals surface area (Å²) in [6.45, 7) is 2.85. The molecule has 0 aromatic rings. The molecule has 0 aromatic heterocycles. The van der Waals surface area contributed by atoms with Gasteiger partial charge in [0.05, 0.1) is 5.92 Å². The smallest absolute Gasteiger partial charge is 0.306 e. The fraction of sp³-hybridized carbons (Fsp3) is 0.933. The number of hydrogen-bond donors (Lipinski definition) is 2. The standard InChI is InChI=1S/C15H29NO2/c1-2-12(13-6-3-4-7-13)9-10-14(15(17)18)8-5-11-16/h12-14H,2-11,16H2,1H3,(H,17,18). The van der Waals surface area contributed by atoms with Crippen molar-refractivity contribution >= 4 is 5.97 Å². The van der Waals surface area contributed by atoms with E-state index in [9.17, 15) is 9.90 Å². The Balaban J connectivity index is 2.35. The minimum absolute atomic E-state index is 0.177. The lowest BCUT2D eigenvalue weighted by Gasteiger charge is -2.23. The number of carbonyl (C=O) groups is 1. The third-order valence-corrected chi connectivity index (χ3v) is 4.58. The second-order valence-electron chi connectivity index (χ2n) is 5.76. The van der Waals surface area contributed by atoms with E-state index in [1.54, 1.807) is 0 Å². The normalized spacial score (nSPS) is 19.9. The summed E-state index contributed by atoms with van der Waals surface area (Å²) in [5, 5.41) is 9.21. The predicted molar refractivity (Wildman–Crippen MR) is 74.4 cm³/mol. The molecule has 1 aliphatic carbocycles. The quantitative estimate of drug-likeness (QED) is 0.663. The Kier molecular flexibility index (Phi) is 7.33. The van der Waals surface area contributed by atoms with Crippen LogP contribution in [-0.4, -0.2) is 17.6 Å². The van der Waals surface area contributed by atoms with Gasteiger partial charge in [-0.25, -0.2) is 0 Å². The second kappa shape index (κ2) is 8.52. The van der Waals surface area contributed by atoms with Gasteiger partial charge in [0.15, 0.2) is 0 Å². The molecule has 0 amide bonds. The summed E-state index contributed by atoms with van der Waals surface area (Å²) < 4.78 is 0. The Morgan fingerprint density at radius 3 is 2.44 bits per heavy atom. The Hall–Kier alpha value is -0.570. The molecule has 0 bridgehead atoms. The number of hydrogen-bond acceptors (Lipinski definition) is 2. The minimum atomic E-state index is -0.635. The van der Waals surface area contributed by atoms with Crippen molar-refractivity contribution in [2.45, 2.75) is 64.7 Å². The molecule has 0 radical (unpaired) electrons. The number of nitrogens with two attached hydrogens (primary N) is 1. The highest BCUT2D eigenvalue weighted by Crippen LogP contribution is 2.36. The molecule has 1 aliphatic rings. The van der Waals surface area contributed by atoms with E-state index in [0.717, 1.165) is 37.5 Å². The van der Waals surface area contributed by atoms with Crippen molar-refractivity contribution in [3.63, 3.8) is 0 Å². The maximum atomic E-state index is 11.2. The Labute approximate surface area is 111 Å². The first-order valence-corrected chi connectivity index (χ1v) is 7.61. The summed E-state index contributed by atoms with van der Waals surface area (Å²) in [7, 11) is 0. The van der Waals surface area contributed by atoms with Crippen LogP contribution in [-0.2, 0) is 4.79 Å². The van der Waals surface area contributed by atoms with Crippen LogP contribution < -0.4 is 5.73 Å². The third kappa shape index (κ3) is 4.97. The Bertz CT molecular complexity index is 237. The first-order chi connectivity index (χ1) is 8.69. The predicted octanol–water partition coefficient (Wildman–Crippen LogP) is 3.42. The van der Waals surface area contributed by atoms with Crippen LogP contribution in [0.5, 0.6) is 0 Å². The van der Waals surface area contributed by atoms with Gasteiger partial charge in [-0.2, -0.15) is 0 Å². The zero-order valence-electron chi connectivity index (χ0n) is 11.7. The van der Waals surface area contributed by atoms with E-state index in [1.165, 1.54) is 32.1 Å². The van der Waals surface area contributed by atoms with Crippen LogP contribution in [0.15, 0.2) is 0 Å². The largest absolute Gasteiger partial charge is 0.481 e. The van der Waals surface area contributed by atoms with Gasteiger partial charge in [-0.1, -0.05) is 39.0 Å². The van der Waals surface area contributed by atoms with Gasteiger partial charge in [-0.3, -0.25) is 4.79 Å². The van der Waals surface area contributed by atoms with Crippen molar-refractivity contribution in [2.75, 3.05) is 6.54 Å². The van der Waals surface area contributed by atoms with Crippen molar-refractivity contribution in [2.24, 2.45) is 23.5 Å². The minimum Gasteiger partial charge on any atom is -0.481 e. The molecular weight excluding hydrogens is 226 g/mol. The van der Waals surface area contributed by atoms with Gasteiger partial charge in [0.2, 0.25) is 0 Å².